The van der Waals surface area contributed by atoms with Crippen molar-refractivity contribution in [2.45, 2.75) is 12.5 Å². The number of fused-ring (bicyclic) bond motifs is 1. The average Bonchev–Trinajstić information content (AvgIpc) is 3.03. The van der Waals surface area contributed by atoms with Crippen LogP contribution >= 0.6 is 0 Å². The fourth-order valence-corrected chi connectivity index (χ4v) is 3.65. The van der Waals surface area contributed by atoms with Crippen LogP contribution in [-0.2, 0) is 11.2 Å². The highest BCUT2D eigenvalue weighted by Crippen LogP contribution is 2.51. The number of benzene rings is 1. The minimum atomic E-state index is -0.703. The topological polar surface area (TPSA) is 72.8 Å². The van der Waals surface area contributed by atoms with Gasteiger partial charge in [-0.25, -0.2) is 4.39 Å². The number of rotatable bonds is 7. The number of likely N-dealkylation sites (tertiary alicyclic amines) is 1. The van der Waals surface area contributed by atoms with Crippen molar-refractivity contribution in [3.05, 3.63) is 35.6 Å². The normalized spacial score (nSPS) is 27.5. The maximum atomic E-state index is 13.1. The Hall–Kier alpha value is -1.50. The highest BCUT2D eigenvalue weighted by molar-refractivity contribution is 5.82. The number of β-amino-alcohol motifs (C(OH)–C–C–N with tert-alkyl or cyclic N) is 1. The molecule has 1 unspecified atom stereocenters. The van der Waals surface area contributed by atoms with Gasteiger partial charge in [-0.15, -0.1) is 0 Å². The third-order valence-corrected chi connectivity index (χ3v) is 4.85. The molecule has 23 heavy (non-hydrogen) atoms. The van der Waals surface area contributed by atoms with Crippen LogP contribution in [0.1, 0.15) is 5.56 Å². The number of hydrogen-bond donors (Lipinski definition) is 3. The molecule has 1 aliphatic heterocycles. The Morgan fingerprint density at radius 2 is 2.13 bits per heavy atom. The summed E-state index contributed by atoms with van der Waals surface area (Å²) in [6, 6.07) is 6.42. The number of carbonyl (C=O) groups is 1. The number of nitrogens with zero attached hydrogens (tertiary/aromatic N) is 1. The molecule has 1 saturated carbocycles. The largest absolute Gasteiger partial charge is 0.394 e. The number of amides is 1. The van der Waals surface area contributed by atoms with Gasteiger partial charge in [0.25, 0.3) is 0 Å². The van der Waals surface area contributed by atoms with Crippen LogP contribution in [0.5, 0.6) is 0 Å². The van der Waals surface area contributed by atoms with Crippen molar-refractivity contribution in [2.75, 3.05) is 32.8 Å². The monoisotopic (exact) mass is 322 g/mol. The summed E-state index contributed by atoms with van der Waals surface area (Å²) >= 11 is 0. The predicted octanol–water partition coefficient (Wildman–Crippen LogP) is 0.0154. The molecule has 6 heteroatoms. The number of carbonyl (C=O) groups excluding carboxylic acids is 1. The molecule has 0 bridgehead atoms. The van der Waals surface area contributed by atoms with Crippen LogP contribution in [0.15, 0.2) is 24.3 Å². The fourth-order valence-electron chi connectivity index (χ4n) is 3.65. The second kappa shape index (κ2) is 6.95. The summed E-state index contributed by atoms with van der Waals surface area (Å²) in [6.07, 6.45) is -0.0774. The van der Waals surface area contributed by atoms with Gasteiger partial charge in [-0.1, -0.05) is 12.1 Å². The van der Waals surface area contributed by atoms with Crippen LogP contribution in [0.4, 0.5) is 4.39 Å². The summed E-state index contributed by atoms with van der Waals surface area (Å²) in [6.45, 7) is 2.38. The van der Waals surface area contributed by atoms with E-state index < -0.39 is 6.10 Å². The van der Waals surface area contributed by atoms with Crippen molar-refractivity contribution in [3.63, 3.8) is 0 Å². The lowest BCUT2D eigenvalue weighted by atomic mass is 10.1. The van der Waals surface area contributed by atoms with Crippen molar-refractivity contribution in [1.29, 1.82) is 0 Å². The first-order valence-electron chi connectivity index (χ1n) is 8.12. The predicted molar refractivity (Wildman–Crippen MR) is 83.1 cm³/mol. The molecule has 1 amide bonds. The maximum Gasteiger partial charge on any atom is 0.223 e. The first-order valence-corrected chi connectivity index (χ1v) is 8.12. The van der Waals surface area contributed by atoms with Crippen LogP contribution in [0.25, 0.3) is 0 Å². The van der Waals surface area contributed by atoms with E-state index >= 15 is 0 Å². The Balaban J connectivity index is 1.37. The van der Waals surface area contributed by atoms with Gasteiger partial charge in [-0.3, -0.25) is 4.79 Å². The summed E-state index contributed by atoms with van der Waals surface area (Å²) in [5, 5.41) is 21.2. The third kappa shape index (κ3) is 3.88. The lowest BCUT2D eigenvalue weighted by Gasteiger charge is -2.21. The highest BCUT2D eigenvalue weighted by atomic mass is 19.1. The lowest BCUT2D eigenvalue weighted by Crippen LogP contribution is -2.37. The molecule has 0 spiro atoms. The summed E-state index contributed by atoms with van der Waals surface area (Å²) in [5.74, 6) is 0.643. The van der Waals surface area contributed by atoms with Gasteiger partial charge in [-0.2, -0.15) is 0 Å². The Morgan fingerprint density at radius 3 is 2.78 bits per heavy atom. The van der Waals surface area contributed by atoms with E-state index in [1.807, 2.05) is 6.07 Å². The van der Waals surface area contributed by atoms with E-state index in [1.54, 1.807) is 6.07 Å². The maximum absolute atomic E-state index is 13.1. The summed E-state index contributed by atoms with van der Waals surface area (Å²) < 4.78 is 13.1. The van der Waals surface area contributed by atoms with Gasteiger partial charge in [0.05, 0.1) is 12.7 Å². The van der Waals surface area contributed by atoms with Crippen LogP contribution < -0.4 is 5.32 Å². The Morgan fingerprint density at radius 1 is 1.39 bits per heavy atom. The van der Waals surface area contributed by atoms with Gasteiger partial charge in [0.15, 0.2) is 0 Å². The molecule has 1 heterocycles. The number of aliphatic hydroxyl groups is 2. The second-order valence-corrected chi connectivity index (χ2v) is 6.58. The van der Waals surface area contributed by atoms with E-state index in [9.17, 15) is 14.3 Å². The molecule has 1 aromatic carbocycles. The smallest absolute Gasteiger partial charge is 0.223 e. The first-order chi connectivity index (χ1) is 11.1. The number of halogens is 1. The van der Waals surface area contributed by atoms with E-state index in [0.717, 1.165) is 18.7 Å². The second-order valence-electron chi connectivity index (χ2n) is 6.58. The van der Waals surface area contributed by atoms with E-state index in [-0.39, 0.29) is 24.2 Å². The zero-order valence-corrected chi connectivity index (χ0v) is 13.0. The zero-order chi connectivity index (χ0) is 16.4. The van der Waals surface area contributed by atoms with Crippen molar-refractivity contribution >= 4 is 5.91 Å². The standard InChI is InChI=1S/C17H23FN2O3/c18-12-3-1-2-11(6-12)4-5-19-17(23)16-14-8-20(9-15(14)16)7-13(22)10-21/h1-3,6,13-16,21-22H,4-5,7-10H2,(H,19,23)/t13-,14-,15+,16?/m0/s1. The minimum Gasteiger partial charge on any atom is -0.394 e. The van der Waals surface area contributed by atoms with Crippen molar-refractivity contribution in [1.82, 2.24) is 10.2 Å². The minimum absolute atomic E-state index is 0.0741. The van der Waals surface area contributed by atoms with Gasteiger partial charge >= 0.3 is 0 Å². The Labute approximate surface area is 135 Å². The zero-order valence-electron chi connectivity index (χ0n) is 13.0. The molecule has 3 rings (SSSR count). The lowest BCUT2D eigenvalue weighted by molar-refractivity contribution is -0.123. The van der Waals surface area contributed by atoms with Crippen LogP contribution in [0.2, 0.25) is 0 Å². The summed E-state index contributed by atoms with van der Waals surface area (Å²) in [5.41, 5.74) is 0.880. The number of hydrogen-bond acceptors (Lipinski definition) is 4. The number of aliphatic hydroxyl groups excluding tert-OH is 2. The molecular formula is C17H23FN2O3. The molecular weight excluding hydrogens is 299 g/mol. The molecule has 2 fully saturated rings. The molecule has 1 aliphatic carbocycles. The van der Waals surface area contributed by atoms with Crippen LogP contribution in [-0.4, -0.2) is 59.9 Å². The van der Waals surface area contributed by atoms with Gasteiger partial charge < -0.3 is 20.4 Å². The molecule has 4 atom stereocenters. The van der Waals surface area contributed by atoms with Crippen molar-refractivity contribution < 1.29 is 19.4 Å². The molecule has 0 aromatic heterocycles. The van der Waals surface area contributed by atoms with Gasteiger partial charge in [0.1, 0.15) is 5.82 Å². The number of nitrogens with one attached hydrogen (secondary N) is 1. The van der Waals surface area contributed by atoms with Crippen molar-refractivity contribution in [3.8, 4) is 0 Å². The van der Waals surface area contributed by atoms with E-state index in [0.29, 0.717) is 31.3 Å². The Bertz CT molecular complexity index is 557. The SMILES string of the molecule is O=C(NCCc1cccc(F)c1)C1[C@H]2CN(C[C@H](O)CO)C[C@@H]12. The highest BCUT2D eigenvalue weighted by Gasteiger charge is 2.59. The molecule has 0 radical (unpaired) electrons. The molecule has 1 saturated heterocycles. The molecule has 5 nitrogen and oxygen atoms in total. The fraction of sp³-hybridized carbons (Fsp3) is 0.588. The van der Waals surface area contributed by atoms with Gasteiger partial charge in [0.2, 0.25) is 5.91 Å². The first kappa shape index (κ1) is 16.4. The Kier molecular flexibility index (Phi) is 4.94. The molecule has 1 aromatic rings. The van der Waals surface area contributed by atoms with Gasteiger partial charge in [0, 0.05) is 32.1 Å². The van der Waals surface area contributed by atoms with Crippen LogP contribution in [0, 0.1) is 23.6 Å². The molecule has 2 aliphatic rings. The van der Waals surface area contributed by atoms with E-state index in [4.69, 9.17) is 5.11 Å². The molecule has 3 N–H and O–H groups in total. The van der Waals surface area contributed by atoms with E-state index in [1.165, 1.54) is 12.1 Å². The van der Waals surface area contributed by atoms with Crippen LogP contribution in [0.3, 0.4) is 0 Å². The average molecular weight is 322 g/mol. The number of piperidine rings is 1. The summed E-state index contributed by atoms with van der Waals surface area (Å²) in [7, 11) is 0. The third-order valence-electron chi connectivity index (χ3n) is 4.85. The van der Waals surface area contributed by atoms with Gasteiger partial charge in [-0.05, 0) is 36.0 Å². The van der Waals surface area contributed by atoms with Crippen molar-refractivity contribution in [2.24, 2.45) is 17.8 Å². The molecule has 126 valence electrons. The van der Waals surface area contributed by atoms with E-state index in [2.05, 4.69) is 10.2 Å². The summed E-state index contributed by atoms with van der Waals surface area (Å²) in [4.78, 5) is 14.3. The quantitative estimate of drug-likeness (QED) is 0.661.